The second-order valence-corrected chi connectivity index (χ2v) is 6.11. The van der Waals surface area contributed by atoms with Gasteiger partial charge in [0.25, 0.3) is 5.91 Å². The SMILES string of the molecule is Cc1ccc(CC(=O)O[C@H](C(=O)N(C)C)c2ccccc2)cc1C. The van der Waals surface area contributed by atoms with Crippen molar-refractivity contribution >= 4 is 11.9 Å². The second-order valence-electron chi connectivity index (χ2n) is 6.11. The molecule has 2 aromatic carbocycles. The summed E-state index contributed by atoms with van der Waals surface area (Å²) in [4.78, 5) is 26.1. The lowest BCUT2D eigenvalue weighted by Gasteiger charge is -2.21. The smallest absolute Gasteiger partial charge is 0.311 e. The van der Waals surface area contributed by atoms with Gasteiger partial charge in [-0.05, 0) is 30.5 Å². The molecule has 2 rings (SSSR count). The van der Waals surface area contributed by atoms with Crippen molar-refractivity contribution in [2.75, 3.05) is 14.1 Å². The third-order valence-electron chi connectivity index (χ3n) is 3.94. The maximum Gasteiger partial charge on any atom is 0.311 e. The molecular formula is C20H23NO3. The fourth-order valence-corrected chi connectivity index (χ4v) is 2.38. The van der Waals surface area contributed by atoms with Crippen LogP contribution in [0.25, 0.3) is 0 Å². The van der Waals surface area contributed by atoms with Crippen molar-refractivity contribution in [3.63, 3.8) is 0 Å². The lowest BCUT2D eigenvalue weighted by atomic mass is 10.0. The van der Waals surface area contributed by atoms with Gasteiger partial charge in [0.2, 0.25) is 6.10 Å². The number of hydrogen-bond acceptors (Lipinski definition) is 3. The number of hydrogen-bond donors (Lipinski definition) is 0. The van der Waals surface area contributed by atoms with Crippen LogP contribution < -0.4 is 0 Å². The van der Waals surface area contributed by atoms with Gasteiger partial charge in [-0.15, -0.1) is 0 Å². The van der Waals surface area contributed by atoms with Gasteiger partial charge in [0.15, 0.2) is 0 Å². The lowest BCUT2D eigenvalue weighted by Crippen LogP contribution is -2.31. The van der Waals surface area contributed by atoms with E-state index in [9.17, 15) is 9.59 Å². The number of nitrogens with zero attached hydrogens (tertiary/aromatic N) is 1. The highest BCUT2D eigenvalue weighted by Crippen LogP contribution is 2.20. The number of likely N-dealkylation sites (N-methyl/N-ethyl adjacent to an activating group) is 1. The van der Waals surface area contributed by atoms with E-state index in [4.69, 9.17) is 4.74 Å². The van der Waals surface area contributed by atoms with Crippen LogP contribution in [0.2, 0.25) is 0 Å². The number of rotatable bonds is 5. The summed E-state index contributed by atoms with van der Waals surface area (Å²) in [7, 11) is 3.30. The predicted molar refractivity (Wildman–Crippen MR) is 93.6 cm³/mol. The molecule has 1 atom stereocenters. The van der Waals surface area contributed by atoms with Crippen molar-refractivity contribution < 1.29 is 14.3 Å². The van der Waals surface area contributed by atoms with E-state index < -0.39 is 12.1 Å². The Morgan fingerprint density at radius 2 is 1.67 bits per heavy atom. The summed E-state index contributed by atoms with van der Waals surface area (Å²) in [5.41, 5.74) is 3.86. The molecule has 0 bridgehead atoms. The first-order chi connectivity index (χ1) is 11.4. The van der Waals surface area contributed by atoms with E-state index >= 15 is 0 Å². The highest BCUT2D eigenvalue weighted by Gasteiger charge is 2.26. The van der Waals surface area contributed by atoms with Gasteiger partial charge in [-0.2, -0.15) is 0 Å². The summed E-state index contributed by atoms with van der Waals surface area (Å²) in [6.07, 6.45) is -0.772. The molecule has 0 heterocycles. The van der Waals surface area contributed by atoms with Gasteiger partial charge in [0.1, 0.15) is 0 Å². The molecule has 0 fully saturated rings. The van der Waals surface area contributed by atoms with Gasteiger partial charge >= 0.3 is 5.97 Å². The second kappa shape index (κ2) is 7.77. The Kier molecular flexibility index (Phi) is 5.74. The minimum absolute atomic E-state index is 0.144. The van der Waals surface area contributed by atoms with Crippen LogP contribution in [0.3, 0.4) is 0 Å². The molecule has 0 saturated heterocycles. The minimum Gasteiger partial charge on any atom is -0.447 e. The zero-order valence-electron chi connectivity index (χ0n) is 14.6. The molecule has 4 heteroatoms. The van der Waals surface area contributed by atoms with Crippen LogP contribution in [0.1, 0.15) is 28.4 Å². The first kappa shape index (κ1) is 17.7. The molecule has 0 spiro atoms. The van der Waals surface area contributed by atoms with E-state index in [-0.39, 0.29) is 12.3 Å². The van der Waals surface area contributed by atoms with Gasteiger partial charge in [-0.25, -0.2) is 0 Å². The van der Waals surface area contributed by atoms with Crippen molar-refractivity contribution in [1.82, 2.24) is 4.90 Å². The molecular weight excluding hydrogens is 302 g/mol. The van der Waals surface area contributed by atoms with Gasteiger partial charge in [0, 0.05) is 19.7 Å². The van der Waals surface area contributed by atoms with E-state index in [2.05, 4.69) is 0 Å². The molecule has 4 nitrogen and oxygen atoms in total. The number of carbonyl (C=O) groups excluding carboxylic acids is 2. The summed E-state index contributed by atoms with van der Waals surface area (Å²) in [6.45, 7) is 4.03. The van der Waals surface area contributed by atoms with Crippen LogP contribution >= 0.6 is 0 Å². The summed E-state index contributed by atoms with van der Waals surface area (Å²) >= 11 is 0. The molecule has 1 amide bonds. The molecule has 126 valence electrons. The number of ether oxygens (including phenoxy) is 1. The summed E-state index contributed by atoms with van der Waals surface area (Å²) < 4.78 is 5.50. The fourth-order valence-electron chi connectivity index (χ4n) is 2.38. The quantitative estimate of drug-likeness (QED) is 0.793. The zero-order chi connectivity index (χ0) is 17.7. The summed E-state index contributed by atoms with van der Waals surface area (Å²) in [5, 5.41) is 0. The Morgan fingerprint density at radius 1 is 1.00 bits per heavy atom. The number of aryl methyl sites for hydroxylation is 2. The zero-order valence-corrected chi connectivity index (χ0v) is 14.6. The topological polar surface area (TPSA) is 46.6 Å². The maximum atomic E-state index is 12.4. The van der Waals surface area contributed by atoms with Crippen LogP contribution in [-0.2, 0) is 20.7 Å². The number of esters is 1. The first-order valence-electron chi connectivity index (χ1n) is 7.90. The number of amides is 1. The Labute approximate surface area is 143 Å². The molecule has 0 N–H and O–H groups in total. The van der Waals surface area contributed by atoms with Crippen molar-refractivity contribution in [2.24, 2.45) is 0 Å². The van der Waals surface area contributed by atoms with Crippen molar-refractivity contribution in [3.05, 3.63) is 70.8 Å². The Hall–Kier alpha value is -2.62. The largest absolute Gasteiger partial charge is 0.447 e. The number of benzene rings is 2. The van der Waals surface area contributed by atoms with Crippen LogP contribution in [0, 0.1) is 13.8 Å². The highest BCUT2D eigenvalue weighted by molar-refractivity contribution is 5.85. The molecule has 0 aliphatic carbocycles. The third kappa shape index (κ3) is 4.44. The summed E-state index contributed by atoms with van der Waals surface area (Å²) in [5.74, 6) is -0.669. The van der Waals surface area contributed by atoms with Crippen LogP contribution in [-0.4, -0.2) is 30.9 Å². The van der Waals surface area contributed by atoms with Crippen LogP contribution in [0.15, 0.2) is 48.5 Å². The lowest BCUT2D eigenvalue weighted by molar-refractivity contribution is -0.159. The standard InChI is InChI=1S/C20H23NO3/c1-14-10-11-16(12-15(14)2)13-18(22)24-19(20(23)21(3)4)17-8-6-5-7-9-17/h5-12,19H,13H2,1-4H3/t19-/m0/s1. The molecule has 0 aliphatic heterocycles. The van der Waals surface area contributed by atoms with E-state index in [0.717, 1.165) is 11.1 Å². The average molecular weight is 325 g/mol. The maximum absolute atomic E-state index is 12.4. The molecule has 0 saturated carbocycles. The van der Waals surface area contributed by atoms with Crippen LogP contribution in [0.5, 0.6) is 0 Å². The normalized spacial score (nSPS) is 11.7. The van der Waals surface area contributed by atoms with Crippen molar-refractivity contribution in [2.45, 2.75) is 26.4 Å². The molecule has 0 aliphatic rings. The van der Waals surface area contributed by atoms with E-state index in [1.54, 1.807) is 26.2 Å². The van der Waals surface area contributed by atoms with E-state index in [1.807, 2.05) is 50.2 Å². The van der Waals surface area contributed by atoms with E-state index in [1.165, 1.54) is 10.5 Å². The van der Waals surface area contributed by atoms with Gasteiger partial charge in [-0.1, -0.05) is 48.5 Å². The highest BCUT2D eigenvalue weighted by atomic mass is 16.5. The third-order valence-corrected chi connectivity index (χ3v) is 3.94. The molecule has 2 aromatic rings. The Bertz CT molecular complexity index is 723. The van der Waals surface area contributed by atoms with Crippen molar-refractivity contribution in [1.29, 1.82) is 0 Å². The molecule has 0 radical (unpaired) electrons. The van der Waals surface area contributed by atoms with Gasteiger partial charge in [-0.3, -0.25) is 9.59 Å². The predicted octanol–water partition coefficient (Wildman–Crippen LogP) is 3.22. The summed E-state index contributed by atoms with van der Waals surface area (Å²) in [6, 6.07) is 14.9. The monoisotopic (exact) mass is 325 g/mol. The Balaban J connectivity index is 2.15. The van der Waals surface area contributed by atoms with Gasteiger partial charge < -0.3 is 9.64 Å². The number of carbonyl (C=O) groups is 2. The minimum atomic E-state index is -0.916. The van der Waals surface area contributed by atoms with Crippen molar-refractivity contribution in [3.8, 4) is 0 Å². The molecule has 0 aromatic heterocycles. The Morgan fingerprint density at radius 3 is 2.25 bits per heavy atom. The molecule has 24 heavy (non-hydrogen) atoms. The van der Waals surface area contributed by atoms with Gasteiger partial charge in [0.05, 0.1) is 6.42 Å². The van der Waals surface area contributed by atoms with Crippen LogP contribution in [0.4, 0.5) is 0 Å². The van der Waals surface area contributed by atoms with E-state index in [0.29, 0.717) is 5.56 Å². The molecule has 0 unspecified atom stereocenters. The first-order valence-corrected chi connectivity index (χ1v) is 7.90. The fraction of sp³-hybridized carbons (Fsp3) is 0.300. The average Bonchev–Trinajstić information content (AvgIpc) is 2.56.